The number of hydrogen-bond acceptors (Lipinski definition) is 4. The highest BCUT2D eigenvalue weighted by molar-refractivity contribution is 9.10. The van der Waals surface area contributed by atoms with Crippen molar-refractivity contribution in [3.8, 4) is 0 Å². The smallest absolute Gasteiger partial charge is 0.273 e. The molecule has 0 unspecified atom stereocenters. The van der Waals surface area contributed by atoms with Crippen molar-refractivity contribution in [3.63, 3.8) is 0 Å². The summed E-state index contributed by atoms with van der Waals surface area (Å²) < 4.78 is 0.471. The summed E-state index contributed by atoms with van der Waals surface area (Å²) in [6.45, 7) is 4.25. The van der Waals surface area contributed by atoms with E-state index in [0.717, 1.165) is 0 Å². The molecular formula is C11H13BrN2O4. The Morgan fingerprint density at radius 2 is 2.22 bits per heavy atom. The Labute approximate surface area is 113 Å². The van der Waals surface area contributed by atoms with Gasteiger partial charge in [-0.25, -0.2) is 5.48 Å². The topological polar surface area (TPSA) is 81.5 Å². The van der Waals surface area contributed by atoms with Crippen LogP contribution in [0.4, 0.5) is 5.69 Å². The van der Waals surface area contributed by atoms with Gasteiger partial charge in [0, 0.05) is 16.6 Å². The molecule has 1 N–H and O–H groups in total. The standard InChI is InChI=1S/C11H13BrN2O4/c1-7(2)6-18-13-11(15)9-5-8(14(16)17)3-4-10(9)12/h3-5,7H,6H2,1-2H3,(H,13,15). The molecule has 0 aliphatic heterocycles. The Morgan fingerprint density at radius 3 is 2.78 bits per heavy atom. The van der Waals surface area contributed by atoms with Gasteiger partial charge in [0.05, 0.1) is 17.1 Å². The Morgan fingerprint density at radius 1 is 1.56 bits per heavy atom. The zero-order valence-corrected chi connectivity index (χ0v) is 11.6. The number of nitro benzene ring substituents is 1. The lowest BCUT2D eigenvalue weighted by Gasteiger charge is -2.08. The van der Waals surface area contributed by atoms with Gasteiger partial charge in [0.25, 0.3) is 11.6 Å². The Kier molecular flexibility index (Phi) is 5.24. The molecule has 98 valence electrons. The predicted octanol–water partition coefficient (Wildman–Crippen LogP) is 2.67. The molecule has 0 heterocycles. The third kappa shape index (κ3) is 4.08. The number of amides is 1. The lowest BCUT2D eigenvalue weighted by molar-refractivity contribution is -0.384. The first-order valence-electron chi connectivity index (χ1n) is 5.28. The number of hydroxylamine groups is 1. The summed E-state index contributed by atoms with van der Waals surface area (Å²) in [5.74, 6) is -0.245. The molecule has 0 aromatic heterocycles. The van der Waals surface area contributed by atoms with Crippen LogP contribution >= 0.6 is 15.9 Å². The molecule has 1 rings (SSSR count). The van der Waals surface area contributed by atoms with Gasteiger partial charge in [-0.2, -0.15) is 0 Å². The van der Waals surface area contributed by atoms with Gasteiger partial charge in [0.15, 0.2) is 0 Å². The first-order chi connectivity index (χ1) is 8.41. The molecule has 0 aliphatic rings. The van der Waals surface area contributed by atoms with E-state index in [4.69, 9.17) is 4.84 Å². The van der Waals surface area contributed by atoms with Gasteiger partial charge in [0.2, 0.25) is 0 Å². The van der Waals surface area contributed by atoms with Crippen molar-refractivity contribution in [2.24, 2.45) is 5.92 Å². The van der Waals surface area contributed by atoms with Crippen molar-refractivity contribution in [1.82, 2.24) is 5.48 Å². The van der Waals surface area contributed by atoms with Crippen LogP contribution in [-0.2, 0) is 4.84 Å². The van der Waals surface area contributed by atoms with Crippen molar-refractivity contribution in [3.05, 3.63) is 38.3 Å². The minimum absolute atomic E-state index is 0.146. The van der Waals surface area contributed by atoms with Crippen LogP contribution in [0.2, 0.25) is 0 Å². The number of halogens is 1. The molecule has 0 aliphatic carbocycles. The van der Waals surface area contributed by atoms with E-state index < -0.39 is 10.8 Å². The number of benzene rings is 1. The maximum atomic E-state index is 11.7. The minimum atomic E-state index is -0.557. The maximum absolute atomic E-state index is 11.7. The fourth-order valence-electron chi connectivity index (χ4n) is 1.13. The van der Waals surface area contributed by atoms with Gasteiger partial charge in [-0.1, -0.05) is 13.8 Å². The second kappa shape index (κ2) is 6.46. The lowest BCUT2D eigenvalue weighted by atomic mass is 10.2. The minimum Gasteiger partial charge on any atom is -0.273 e. The van der Waals surface area contributed by atoms with Crippen LogP contribution < -0.4 is 5.48 Å². The number of nitrogens with zero attached hydrogens (tertiary/aromatic N) is 1. The highest BCUT2D eigenvalue weighted by Crippen LogP contribution is 2.22. The molecule has 0 atom stereocenters. The van der Waals surface area contributed by atoms with E-state index in [1.165, 1.54) is 18.2 Å². The number of hydrogen-bond donors (Lipinski definition) is 1. The third-order valence-electron chi connectivity index (χ3n) is 1.99. The molecule has 0 radical (unpaired) electrons. The quantitative estimate of drug-likeness (QED) is 0.668. The van der Waals surface area contributed by atoms with E-state index in [9.17, 15) is 14.9 Å². The van der Waals surface area contributed by atoms with Crippen LogP contribution in [0.15, 0.2) is 22.7 Å². The SMILES string of the molecule is CC(C)CONC(=O)c1cc([N+](=O)[O-])ccc1Br. The van der Waals surface area contributed by atoms with Gasteiger partial charge in [0.1, 0.15) is 0 Å². The molecule has 0 fully saturated rings. The van der Waals surface area contributed by atoms with E-state index >= 15 is 0 Å². The number of carbonyl (C=O) groups is 1. The summed E-state index contributed by atoms with van der Waals surface area (Å²) in [5.41, 5.74) is 2.26. The summed E-state index contributed by atoms with van der Waals surface area (Å²) in [5, 5.41) is 10.6. The summed E-state index contributed by atoms with van der Waals surface area (Å²) in [4.78, 5) is 26.8. The van der Waals surface area contributed by atoms with Crippen LogP contribution in [0, 0.1) is 16.0 Å². The molecule has 7 heteroatoms. The third-order valence-corrected chi connectivity index (χ3v) is 2.68. The Bertz CT molecular complexity index is 462. The maximum Gasteiger partial charge on any atom is 0.276 e. The van der Waals surface area contributed by atoms with Gasteiger partial charge in [-0.15, -0.1) is 0 Å². The van der Waals surface area contributed by atoms with E-state index in [1.54, 1.807) is 0 Å². The Hall–Kier alpha value is -1.47. The second-order valence-corrected chi connectivity index (χ2v) is 4.91. The lowest BCUT2D eigenvalue weighted by Crippen LogP contribution is -2.26. The zero-order chi connectivity index (χ0) is 13.7. The molecule has 1 aromatic rings. The van der Waals surface area contributed by atoms with Gasteiger partial charge < -0.3 is 0 Å². The molecule has 0 saturated carbocycles. The van der Waals surface area contributed by atoms with Crippen LogP contribution in [-0.4, -0.2) is 17.4 Å². The number of non-ortho nitro benzene ring substituents is 1. The monoisotopic (exact) mass is 316 g/mol. The van der Waals surface area contributed by atoms with Crippen molar-refractivity contribution in [2.45, 2.75) is 13.8 Å². The van der Waals surface area contributed by atoms with Gasteiger partial charge in [-0.05, 0) is 27.9 Å². The first kappa shape index (κ1) is 14.6. The van der Waals surface area contributed by atoms with Crippen molar-refractivity contribution >= 4 is 27.5 Å². The first-order valence-corrected chi connectivity index (χ1v) is 6.07. The van der Waals surface area contributed by atoms with E-state index in [2.05, 4.69) is 21.4 Å². The van der Waals surface area contributed by atoms with Crippen LogP contribution in [0.1, 0.15) is 24.2 Å². The van der Waals surface area contributed by atoms with E-state index in [-0.39, 0.29) is 17.2 Å². The second-order valence-electron chi connectivity index (χ2n) is 4.06. The highest BCUT2D eigenvalue weighted by Gasteiger charge is 2.15. The largest absolute Gasteiger partial charge is 0.276 e. The molecule has 0 bridgehead atoms. The zero-order valence-electron chi connectivity index (χ0n) is 9.97. The molecular weight excluding hydrogens is 304 g/mol. The summed E-state index contributed by atoms with van der Waals surface area (Å²) >= 11 is 3.16. The average molecular weight is 317 g/mol. The van der Waals surface area contributed by atoms with E-state index in [1.807, 2.05) is 13.8 Å². The number of rotatable bonds is 5. The molecule has 6 nitrogen and oxygen atoms in total. The average Bonchev–Trinajstić information content (AvgIpc) is 2.28. The fraction of sp³-hybridized carbons (Fsp3) is 0.364. The molecule has 1 aromatic carbocycles. The van der Waals surface area contributed by atoms with Crippen molar-refractivity contribution < 1.29 is 14.6 Å². The number of nitro groups is 1. The van der Waals surface area contributed by atoms with E-state index in [0.29, 0.717) is 11.1 Å². The summed E-state index contributed by atoms with van der Waals surface area (Å²) in [6.07, 6.45) is 0. The van der Waals surface area contributed by atoms with Crippen LogP contribution in [0.3, 0.4) is 0 Å². The molecule has 1 amide bonds. The molecule has 18 heavy (non-hydrogen) atoms. The summed E-state index contributed by atoms with van der Waals surface area (Å²) in [6, 6.07) is 3.96. The van der Waals surface area contributed by atoms with Crippen molar-refractivity contribution in [2.75, 3.05) is 6.61 Å². The predicted molar refractivity (Wildman–Crippen MR) is 69.1 cm³/mol. The highest BCUT2D eigenvalue weighted by atomic mass is 79.9. The van der Waals surface area contributed by atoms with Crippen LogP contribution in [0.25, 0.3) is 0 Å². The number of nitrogens with one attached hydrogen (secondary N) is 1. The Balaban J connectivity index is 2.78. The van der Waals surface area contributed by atoms with Crippen LogP contribution in [0.5, 0.6) is 0 Å². The molecule has 0 spiro atoms. The van der Waals surface area contributed by atoms with Gasteiger partial charge >= 0.3 is 0 Å². The van der Waals surface area contributed by atoms with Crippen molar-refractivity contribution in [1.29, 1.82) is 0 Å². The number of carbonyl (C=O) groups excluding carboxylic acids is 1. The molecule has 0 saturated heterocycles. The summed E-state index contributed by atoms with van der Waals surface area (Å²) in [7, 11) is 0. The van der Waals surface area contributed by atoms with Gasteiger partial charge in [-0.3, -0.25) is 19.7 Å². The normalized spacial score (nSPS) is 10.4. The fourth-order valence-corrected chi connectivity index (χ4v) is 1.56.